The lowest BCUT2D eigenvalue weighted by Crippen LogP contribution is -2.06. The summed E-state index contributed by atoms with van der Waals surface area (Å²) in [4.78, 5) is 12.9. The second-order valence-electron chi connectivity index (χ2n) is 6.38. The van der Waals surface area contributed by atoms with Gasteiger partial charge in [-0.15, -0.1) is 0 Å². The molecule has 0 fully saturated rings. The number of hydrogen-bond acceptors (Lipinski definition) is 4. The summed E-state index contributed by atoms with van der Waals surface area (Å²) in [6, 6.07) is 28.3. The number of carbonyl (C=O) groups excluding carboxylic acids is 1. The number of nitriles is 1. The number of benzene rings is 3. The Morgan fingerprint density at radius 1 is 0.931 bits per heavy atom. The quantitative estimate of drug-likeness (QED) is 0.469. The number of aromatic nitrogens is 2. The first-order valence-electron chi connectivity index (χ1n) is 9.12. The fourth-order valence-corrected chi connectivity index (χ4v) is 3.02. The number of ether oxygens (including phenoxy) is 1. The minimum Gasteiger partial charge on any atom is -0.457 e. The van der Waals surface area contributed by atoms with Crippen molar-refractivity contribution < 1.29 is 9.53 Å². The predicted octanol–water partition coefficient (Wildman–Crippen LogP) is 4.77. The first kappa shape index (κ1) is 18.2. The highest BCUT2D eigenvalue weighted by Crippen LogP contribution is 2.25. The van der Waals surface area contributed by atoms with Crippen molar-refractivity contribution in [2.24, 2.45) is 0 Å². The van der Waals surface area contributed by atoms with Gasteiger partial charge in [-0.2, -0.15) is 10.4 Å². The Labute approximate surface area is 168 Å². The summed E-state index contributed by atoms with van der Waals surface area (Å²) in [7, 11) is 0. The summed E-state index contributed by atoms with van der Waals surface area (Å²) in [5.41, 5.74) is 3.75. The Morgan fingerprint density at radius 3 is 2.31 bits per heavy atom. The van der Waals surface area contributed by atoms with Crippen molar-refractivity contribution in [2.75, 3.05) is 0 Å². The molecule has 0 radical (unpaired) electrons. The van der Waals surface area contributed by atoms with Crippen LogP contribution in [0.3, 0.4) is 0 Å². The summed E-state index contributed by atoms with van der Waals surface area (Å²) >= 11 is 0. The van der Waals surface area contributed by atoms with E-state index < -0.39 is 5.97 Å². The van der Waals surface area contributed by atoms with Crippen LogP contribution in [0.4, 0.5) is 0 Å². The van der Waals surface area contributed by atoms with E-state index in [2.05, 4.69) is 11.2 Å². The number of carbonyl (C=O) groups is 1. The third-order valence-corrected chi connectivity index (χ3v) is 4.50. The molecule has 0 saturated carbocycles. The Kier molecular flexibility index (Phi) is 5.17. The largest absolute Gasteiger partial charge is 0.457 e. The molecule has 0 unspecified atom stereocenters. The molecule has 1 heterocycles. The summed E-state index contributed by atoms with van der Waals surface area (Å²) in [6.07, 6.45) is 1.68. The van der Waals surface area contributed by atoms with Crippen molar-refractivity contribution in [1.82, 2.24) is 9.78 Å². The van der Waals surface area contributed by atoms with E-state index in [-0.39, 0.29) is 6.61 Å². The molecule has 0 atom stereocenters. The lowest BCUT2D eigenvalue weighted by Gasteiger charge is -2.06. The molecule has 0 aliphatic heterocycles. The Balaban J connectivity index is 1.67. The first-order chi connectivity index (χ1) is 14.3. The Hall–Kier alpha value is -4.17. The smallest absolute Gasteiger partial charge is 0.342 e. The Bertz CT molecular complexity index is 1180. The van der Waals surface area contributed by atoms with Crippen LogP contribution in [0.1, 0.15) is 21.5 Å². The highest BCUT2D eigenvalue weighted by Gasteiger charge is 2.20. The summed E-state index contributed by atoms with van der Waals surface area (Å²) in [5, 5.41) is 13.8. The zero-order chi connectivity index (χ0) is 20.1. The lowest BCUT2D eigenvalue weighted by molar-refractivity contribution is 0.0473. The molecule has 0 saturated heterocycles. The number of nitrogens with zero attached hydrogens (tertiary/aromatic N) is 3. The van der Waals surface area contributed by atoms with Crippen molar-refractivity contribution in [3.05, 3.63) is 108 Å². The molecule has 0 aliphatic rings. The van der Waals surface area contributed by atoms with Crippen molar-refractivity contribution in [2.45, 2.75) is 6.61 Å². The lowest BCUT2D eigenvalue weighted by atomic mass is 10.1. The van der Waals surface area contributed by atoms with Gasteiger partial charge in [0.15, 0.2) is 0 Å². The van der Waals surface area contributed by atoms with Crippen molar-refractivity contribution in [3.63, 3.8) is 0 Å². The van der Waals surface area contributed by atoms with Crippen LogP contribution in [0.5, 0.6) is 0 Å². The van der Waals surface area contributed by atoms with E-state index in [0.717, 1.165) is 11.3 Å². The predicted molar refractivity (Wildman–Crippen MR) is 109 cm³/mol. The van der Waals surface area contributed by atoms with Gasteiger partial charge in [0.2, 0.25) is 0 Å². The van der Waals surface area contributed by atoms with Gasteiger partial charge in [-0.05, 0) is 18.2 Å². The van der Waals surface area contributed by atoms with Crippen LogP contribution in [-0.4, -0.2) is 15.7 Å². The van der Waals surface area contributed by atoms with E-state index in [1.165, 1.54) is 0 Å². The van der Waals surface area contributed by atoms with Crippen LogP contribution in [0, 0.1) is 11.3 Å². The number of esters is 1. The zero-order valence-corrected chi connectivity index (χ0v) is 15.5. The minimum absolute atomic E-state index is 0.0211. The summed E-state index contributed by atoms with van der Waals surface area (Å²) in [6.45, 7) is 0.0211. The van der Waals surface area contributed by atoms with Gasteiger partial charge in [0.05, 0.1) is 17.3 Å². The Morgan fingerprint density at radius 2 is 1.59 bits per heavy atom. The maximum absolute atomic E-state index is 12.9. The minimum atomic E-state index is -0.487. The van der Waals surface area contributed by atoms with Crippen molar-refractivity contribution in [3.8, 4) is 23.0 Å². The van der Waals surface area contributed by atoms with E-state index >= 15 is 0 Å². The fourth-order valence-electron chi connectivity index (χ4n) is 3.02. The summed E-state index contributed by atoms with van der Waals surface area (Å²) < 4.78 is 7.19. The van der Waals surface area contributed by atoms with Gasteiger partial charge in [0.25, 0.3) is 0 Å². The molecule has 0 amide bonds. The van der Waals surface area contributed by atoms with Gasteiger partial charge in [-0.1, -0.05) is 66.7 Å². The average Bonchev–Trinajstić information content (AvgIpc) is 3.24. The maximum Gasteiger partial charge on any atom is 0.342 e. The van der Waals surface area contributed by atoms with Gasteiger partial charge < -0.3 is 4.74 Å². The average molecular weight is 379 g/mol. The van der Waals surface area contributed by atoms with Crippen molar-refractivity contribution >= 4 is 5.97 Å². The van der Waals surface area contributed by atoms with Gasteiger partial charge in [0.1, 0.15) is 17.9 Å². The second kappa shape index (κ2) is 8.24. The molecule has 5 nitrogen and oxygen atoms in total. The molecule has 140 valence electrons. The molecule has 29 heavy (non-hydrogen) atoms. The molecule has 1 aromatic heterocycles. The van der Waals surface area contributed by atoms with E-state index in [9.17, 15) is 10.1 Å². The first-order valence-corrected chi connectivity index (χ1v) is 9.12. The molecule has 4 rings (SSSR count). The maximum atomic E-state index is 12.9. The van der Waals surface area contributed by atoms with Gasteiger partial charge in [0, 0.05) is 17.3 Å². The highest BCUT2D eigenvalue weighted by molar-refractivity contribution is 5.96. The molecule has 3 aromatic carbocycles. The number of para-hydroxylation sites is 1. The molecule has 0 N–H and O–H groups in total. The third-order valence-electron chi connectivity index (χ3n) is 4.50. The van der Waals surface area contributed by atoms with E-state index in [1.807, 2.05) is 66.7 Å². The number of rotatable bonds is 5. The standard InChI is InChI=1S/C24H17N3O2/c25-15-19-11-7-8-12-20(19)17-29-24(28)22-16-27(21-13-5-2-6-14-21)26-23(22)18-9-3-1-4-10-18/h1-14,16H,17H2. The summed E-state index contributed by atoms with van der Waals surface area (Å²) in [5.74, 6) is -0.487. The van der Waals surface area contributed by atoms with Crippen LogP contribution in [0.15, 0.2) is 91.1 Å². The normalized spacial score (nSPS) is 10.3. The molecule has 0 spiro atoms. The zero-order valence-electron chi connectivity index (χ0n) is 15.5. The molecular weight excluding hydrogens is 362 g/mol. The van der Waals surface area contributed by atoms with Crippen LogP contribution < -0.4 is 0 Å². The topological polar surface area (TPSA) is 67.9 Å². The van der Waals surface area contributed by atoms with Gasteiger partial charge in [-0.25, -0.2) is 9.48 Å². The van der Waals surface area contributed by atoms with E-state index in [1.54, 1.807) is 29.1 Å². The van der Waals surface area contributed by atoms with Crippen molar-refractivity contribution in [1.29, 1.82) is 5.26 Å². The molecule has 0 bridgehead atoms. The van der Waals surface area contributed by atoms with Crippen LogP contribution >= 0.6 is 0 Å². The van der Waals surface area contributed by atoms with Crippen LogP contribution in [0.25, 0.3) is 16.9 Å². The highest BCUT2D eigenvalue weighted by atomic mass is 16.5. The number of hydrogen-bond donors (Lipinski definition) is 0. The second-order valence-corrected chi connectivity index (χ2v) is 6.38. The monoisotopic (exact) mass is 379 g/mol. The van der Waals surface area contributed by atoms with Gasteiger partial charge >= 0.3 is 5.97 Å². The molecule has 0 aliphatic carbocycles. The fraction of sp³-hybridized carbons (Fsp3) is 0.0417. The SMILES string of the molecule is N#Cc1ccccc1COC(=O)c1cn(-c2ccccc2)nc1-c1ccccc1. The van der Waals surface area contributed by atoms with Crippen LogP contribution in [-0.2, 0) is 11.3 Å². The molecule has 5 heteroatoms. The van der Waals surface area contributed by atoms with Gasteiger partial charge in [-0.3, -0.25) is 0 Å². The van der Waals surface area contributed by atoms with E-state index in [4.69, 9.17) is 4.74 Å². The third kappa shape index (κ3) is 3.92. The van der Waals surface area contributed by atoms with Crippen LogP contribution in [0.2, 0.25) is 0 Å². The van der Waals surface area contributed by atoms with E-state index in [0.29, 0.717) is 22.4 Å². The molecular formula is C24H17N3O2. The molecule has 4 aromatic rings.